The van der Waals surface area contributed by atoms with Gasteiger partial charge in [0.05, 0.1) is 0 Å². The lowest BCUT2D eigenvalue weighted by molar-refractivity contribution is 0.112. The van der Waals surface area contributed by atoms with Gasteiger partial charge in [-0.05, 0) is 38.5 Å². The SMILES string of the molecule is CSC1CCCCC1N1CCCC(NC(C)C)C1. The van der Waals surface area contributed by atoms with Gasteiger partial charge in [0.1, 0.15) is 0 Å². The molecule has 3 heteroatoms. The summed E-state index contributed by atoms with van der Waals surface area (Å²) < 4.78 is 0. The smallest absolute Gasteiger partial charge is 0.0215 e. The molecule has 2 nitrogen and oxygen atoms in total. The van der Waals surface area contributed by atoms with E-state index in [0.717, 1.165) is 17.3 Å². The van der Waals surface area contributed by atoms with E-state index in [1.165, 1.54) is 51.6 Å². The first kappa shape index (κ1) is 14.7. The van der Waals surface area contributed by atoms with Crippen LogP contribution in [0.2, 0.25) is 0 Å². The molecule has 106 valence electrons. The third-order valence-corrected chi connectivity index (χ3v) is 5.62. The van der Waals surface area contributed by atoms with Gasteiger partial charge in [-0.25, -0.2) is 0 Å². The summed E-state index contributed by atoms with van der Waals surface area (Å²) in [5, 5.41) is 4.62. The van der Waals surface area contributed by atoms with E-state index in [1.54, 1.807) is 0 Å². The third-order valence-electron chi connectivity index (χ3n) is 4.46. The maximum Gasteiger partial charge on any atom is 0.0215 e. The Bertz CT molecular complexity index is 245. The van der Waals surface area contributed by atoms with Crippen LogP contribution in [-0.2, 0) is 0 Å². The number of hydrogen-bond acceptors (Lipinski definition) is 3. The van der Waals surface area contributed by atoms with Crippen LogP contribution in [0.5, 0.6) is 0 Å². The van der Waals surface area contributed by atoms with Crippen molar-refractivity contribution < 1.29 is 0 Å². The third kappa shape index (κ3) is 3.88. The highest BCUT2D eigenvalue weighted by Gasteiger charge is 2.32. The van der Waals surface area contributed by atoms with Crippen LogP contribution in [0.1, 0.15) is 52.4 Å². The van der Waals surface area contributed by atoms with Gasteiger partial charge >= 0.3 is 0 Å². The molecule has 1 saturated heterocycles. The minimum Gasteiger partial charge on any atom is -0.311 e. The highest BCUT2D eigenvalue weighted by Crippen LogP contribution is 2.32. The van der Waals surface area contributed by atoms with E-state index in [4.69, 9.17) is 0 Å². The average Bonchev–Trinajstić information content (AvgIpc) is 2.38. The van der Waals surface area contributed by atoms with Crippen molar-refractivity contribution in [3.8, 4) is 0 Å². The van der Waals surface area contributed by atoms with Crippen molar-refractivity contribution in [3.63, 3.8) is 0 Å². The van der Waals surface area contributed by atoms with Gasteiger partial charge in [-0.2, -0.15) is 11.8 Å². The van der Waals surface area contributed by atoms with Gasteiger partial charge in [-0.15, -0.1) is 0 Å². The minimum atomic E-state index is 0.623. The maximum atomic E-state index is 3.74. The number of nitrogens with zero attached hydrogens (tertiary/aromatic N) is 1. The van der Waals surface area contributed by atoms with E-state index >= 15 is 0 Å². The maximum absolute atomic E-state index is 3.74. The summed E-state index contributed by atoms with van der Waals surface area (Å²) in [6.07, 6.45) is 10.8. The number of likely N-dealkylation sites (tertiary alicyclic amines) is 1. The second kappa shape index (κ2) is 7.16. The Hall–Kier alpha value is 0.270. The quantitative estimate of drug-likeness (QED) is 0.845. The van der Waals surface area contributed by atoms with Crippen LogP contribution in [0, 0.1) is 0 Å². The molecule has 1 aliphatic carbocycles. The van der Waals surface area contributed by atoms with E-state index in [1.807, 2.05) is 0 Å². The Morgan fingerprint density at radius 3 is 2.61 bits per heavy atom. The minimum absolute atomic E-state index is 0.623. The normalized spacial score (nSPS) is 35.0. The highest BCUT2D eigenvalue weighted by molar-refractivity contribution is 7.99. The number of thioether (sulfide) groups is 1. The van der Waals surface area contributed by atoms with Gasteiger partial charge in [0, 0.05) is 29.9 Å². The lowest BCUT2D eigenvalue weighted by atomic mass is 9.91. The standard InChI is InChI=1S/C15H30N2S/c1-12(2)16-13-7-6-10-17(11-13)14-8-4-5-9-15(14)18-3/h12-16H,4-11H2,1-3H3. The zero-order valence-electron chi connectivity index (χ0n) is 12.3. The van der Waals surface area contributed by atoms with Gasteiger partial charge in [0.2, 0.25) is 0 Å². The van der Waals surface area contributed by atoms with Crippen molar-refractivity contribution >= 4 is 11.8 Å². The fourth-order valence-corrected chi connectivity index (χ4v) is 4.71. The van der Waals surface area contributed by atoms with Crippen LogP contribution < -0.4 is 5.32 Å². The van der Waals surface area contributed by atoms with Gasteiger partial charge in [-0.1, -0.05) is 26.7 Å². The first-order valence-electron chi connectivity index (χ1n) is 7.73. The van der Waals surface area contributed by atoms with Crippen LogP contribution in [0.3, 0.4) is 0 Å². The van der Waals surface area contributed by atoms with E-state index < -0.39 is 0 Å². The molecule has 2 fully saturated rings. The number of rotatable bonds is 4. The predicted molar refractivity (Wildman–Crippen MR) is 82.4 cm³/mol. The molecule has 0 aromatic carbocycles. The molecule has 0 amide bonds. The fraction of sp³-hybridized carbons (Fsp3) is 1.00. The predicted octanol–water partition coefficient (Wildman–Crippen LogP) is 3.12. The van der Waals surface area contributed by atoms with Crippen LogP contribution in [0.25, 0.3) is 0 Å². The van der Waals surface area contributed by atoms with Crippen molar-refractivity contribution in [3.05, 3.63) is 0 Å². The lowest BCUT2D eigenvalue weighted by Gasteiger charge is -2.44. The van der Waals surface area contributed by atoms with Crippen molar-refractivity contribution in [1.29, 1.82) is 0 Å². The molecular weight excluding hydrogens is 240 g/mol. The first-order valence-corrected chi connectivity index (χ1v) is 9.02. The molecule has 1 aliphatic heterocycles. The van der Waals surface area contributed by atoms with Crippen molar-refractivity contribution in [1.82, 2.24) is 10.2 Å². The molecule has 1 saturated carbocycles. The molecule has 2 aliphatic rings. The largest absolute Gasteiger partial charge is 0.311 e. The topological polar surface area (TPSA) is 15.3 Å². The molecule has 0 aromatic rings. The van der Waals surface area contributed by atoms with Gasteiger partial charge in [-0.3, -0.25) is 4.90 Å². The van der Waals surface area contributed by atoms with E-state index in [2.05, 4.69) is 42.1 Å². The summed E-state index contributed by atoms with van der Waals surface area (Å²) in [5.41, 5.74) is 0. The molecule has 2 rings (SSSR count). The lowest BCUT2D eigenvalue weighted by Crippen LogP contribution is -2.54. The van der Waals surface area contributed by atoms with Crippen LogP contribution in [0.15, 0.2) is 0 Å². The Kier molecular flexibility index (Phi) is 5.84. The zero-order chi connectivity index (χ0) is 13.0. The molecule has 18 heavy (non-hydrogen) atoms. The molecule has 1 heterocycles. The molecule has 1 N–H and O–H groups in total. The van der Waals surface area contributed by atoms with Gasteiger partial charge in [0.15, 0.2) is 0 Å². The van der Waals surface area contributed by atoms with Crippen LogP contribution in [0.4, 0.5) is 0 Å². The highest BCUT2D eigenvalue weighted by atomic mass is 32.2. The Morgan fingerprint density at radius 1 is 1.11 bits per heavy atom. The molecule has 0 bridgehead atoms. The van der Waals surface area contributed by atoms with E-state index in [-0.39, 0.29) is 0 Å². The molecule has 0 spiro atoms. The monoisotopic (exact) mass is 270 g/mol. The molecule has 0 aromatic heterocycles. The molecular formula is C15H30N2S. The summed E-state index contributed by atoms with van der Waals surface area (Å²) in [5.74, 6) is 0. The summed E-state index contributed by atoms with van der Waals surface area (Å²) in [6, 6.07) is 2.20. The average molecular weight is 270 g/mol. The summed E-state index contributed by atoms with van der Waals surface area (Å²) in [7, 11) is 0. The van der Waals surface area contributed by atoms with Crippen LogP contribution >= 0.6 is 11.8 Å². The number of hydrogen-bond donors (Lipinski definition) is 1. The Labute approximate surface area is 117 Å². The van der Waals surface area contributed by atoms with Crippen molar-refractivity contribution in [2.45, 2.75) is 75.7 Å². The second-order valence-electron chi connectivity index (χ2n) is 6.28. The summed E-state index contributed by atoms with van der Waals surface area (Å²) in [6.45, 7) is 7.15. The summed E-state index contributed by atoms with van der Waals surface area (Å²) in [4.78, 5) is 2.80. The number of piperidine rings is 1. The van der Waals surface area contributed by atoms with E-state index in [9.17, 15) is 0 Å². The van der Waals surface area contributed by atoms with Crippen molar-refractivity contribution in [2.75, 3.05) is 19.3 Å². The van der Waals surface area contributed by atoms with Crippen LogP contribution in [-0.4, -0.2) is 47.6 Å². The van der Waals surface area contributed by atoms with E-state index in [0.29, 0.717) is 6.04 Å². The number of nitrogens with one attached hydrogen (secondary N) is 1. The Morgan fingerprint density at radius 2 is 1.89 bits per heavy atom. The van der Waals surface area contributed by atoms with Gasteiger partial charge in [0.25, 0.3) is 0 Å². The first-order chi connectivity index (χ1) is 8.70. The van der Waals surface area contributed by atoms with Gasteiger partial charge < -0.3 is 5.32 Å². The summed E-state index contributed by atoms with van der Waals surface area (Å²) >= 11 is 2.10. The molecule has 0 radical (unpaired) electrons. The fourth-order valence-electron chi connectivity index (χ4n) is 3.69. The Balaban J connectivity index is 1.90. The van der Waals surface area contributed by atoms with Crippen molar-refractivity contribution in [2.24, 2.45) is 0 Å². The molecule has 3 unspecified atom stereocenters. The second-order valence-corrected chi connectivity index (χ2v) is 7.36. The zero-order valence-corrected chi connectivity index (χ0v) is 13.1. The molecule has 3 atom stereocenters.